The summed E-state index contributed by atoms with van der Waals surface area (Å²) in [6, 6.07) is 0. The van der Waals surface area contributed by atoms with Crippen LogP contribution in [0.5, 0.6) is 0 Å². The van der Waals surface area contributed by atoms with Gasteiger partial charge < -0.3 is 25.4 Å². The van der Waals surface area contributed by atoms with Crippen molar-refractivity contribution >= 4 is 0 Å². The van der Waals surface area contributed by atoms with Crippen molar-refractivity contribution in [1.82, 2.24) is 0 Å². The number of ether oxygens (including phenoxy) is 2. The molecule has 0 aliphatic carbocycles. The molecule has 1 aliphatic heterocycles. The molecule has 0 bridgehead atoms. The molecule has 23 heavy (non-hydrogen) atoms. The zero-order valence-electron chi connectivity index (χ0n) is 14.5. The Kier molecular flexibility index (Phi) is 10.7. The molecule has 5 atom stereocenters. The Hall–Kier alpha value is -0.460. The number of rotatable bonds is 12. The Morgan fingerprint density at radius 1 is 1.09 bits per heavy atom. The van der Waals surface area contributed by atoms with Gasteiger partial charge in [-0.25, -0.2) is 0 Å². The predicted molar refractivity (Wildman–Crippen MR) is 92.0 cm³/mol. The van der Waals surface area contributed by atoms with Gasteiger partial charge in [0.25, 0.3) is 0 Å². The third-order valence-corrected chi connectivity index (χ3v) is 4.62. The van der Waals surface area contributed by atoms with Crippen LogP contribution in [0.4, 0.5) is 0 Å². The maximum atomic E-state index is 10.2. The summed E-state index contributed by atoms with van der Waals surface area (Å²) in [5.74, 6) is -0.202. The topological polar surface area (TPSA) is 84.9 Å². The van der Waals surface area contributed by atoms with Gasteiger partial charge in [0, 0.05) is 19.1 Å². The van der Waals surface area contributed by atoms with Crippen LogP contribution in [0.25, 0.3) is 0 Å². The van der Waals surface area contributed by atoms with Crippen molar-refractivity contribution in [3.63, 3.8) is 0 Å². The molecule has 1 fully saturated rings. The first-order chi connectivity index (χ1) is 11.2. The van der Waals surface area contributed by atoms with Crippen molar-refractivity contribution < 1.29 is 19.7 Å². The van der Waals surface area contributed by atoms with Crippen LogP contribution in [0.15, 0.2) is 12.7 Å². The van der Waals surface area contributed by atoms with Crippen LogP contribution < -0.4 is 5.73 Å². The van der Waals surface area contributed by atoms with E-state index in [-0.39, 0.29) is 12.5 Å². The van der Waals surface area contributed by atoms with Gasteiger partial charge in [-0.15, -0.1) is 6.58 Å². The first-order valence-electron chi connectivity index (χ1n) is 9.09. The molecular formula is C18H35NO4. The van der Waals surface area contributed by atoms with Crippen LogP contribution >= 0.6 is 0 Å². The maximum Gasteiger partial charge on any atom is 0.163 e. The zero-order chi connectivity index (χ0) is 17.1. The van der Waals surface area contributed by atoms with Crippen LogP contribution in [0.3, 0.4) is 0 Å². The molecule has 0 aromatic carbocycles. The fourth-order valence-corrected chi connectivity index (χ4v) is 3.08. The first-order valence-corrected chi connectivity index (χ1v) is 9.09. The summed E-state index contributed by atoms with van der Waals surface area (Å²) >= 11 is 0. The molecule has 0 aromatic rings. The Morgan fingerprint density at radius 2 is 1.74 bits per heavy atom. The van der Waals surface area contributed by atoms with Gasteiger partial charge in [0.1, 0.15) is 12.2 Å². The number of aliphatic hydroxyl groups is 2. The second-order valence-corrected chi connectivity index (χ2v) is 6.40. The molecule has 0 amide bonds. The Balaban J connectivity index is 2.20. The standard InChI is InChI=1S/C18H35NO4/c1-3-5-6-7-8-9-10-11-12-22-18-14(4-2)16(20)17(21)15(13-19)23-18/h3,14-18,20-21H,1,4-13,19H2,2H3. The van der Waals surface area contributed by atoms with E-state index in [0.29, 0.717) is 13.0 Å². The highest BCUT2D eigenvalue weighted by Gasteiger charge is 2.43. The molecule has 1 heterocycles. The van der Waals surface area contributed by atoms with E-state index in [4.69, 9.17) is 15.2 Å². The Labute approximate surface area is 140 Å². The largest absolute Gasteiger partial charge is 0.390 e. The molecule has 136 valence electrons. The normalized spacial score (nSPS) is 31.2. The minimum Gasteiger partial charge on any atom is -0.390 e. The molecule has 4 N–H and O–H groups in total. The number of allylic oxidation sites excluding steroid dienone is 1. The van der Waals surface area contributed by atoms with Crippen molar-refractivity contribution in [2.45, 2.75) is 82.9 Å². The lowest BCUT2D eigenvalue weighted by atomic mass is 9.89. The van der Waals surface area contributed by atoms with Crippen molar-refractivity contribution in [2.24, 2.45) is 11.7 Å². The highest BCUT2D eigenvalue weighted by Crippen LogP contribution is 2.29. The fraction of sp³-hybridized carbons (Fsp3) is 0.889. The van der Waals surface area contributed by atoms with E-state index in [2.05, 4.69) is 6.58 Å². The van der Waals surface area contributed by atoms with Crippen molar-refractivity contribution in [2.75, 3.05) is 13.2 Å². The summed E-state index contributed by atoms with van der Waals surface area (Å²) in [4.78, 5) is 0. The van der Waals surface area contributed by atoms with E-state index in [1.807, 2.05) is 13.0 Å². The van der Waals surface area contributed by atoms with Crippen LogP contribution in [0.2, 0.25) is 0 Å². The number of nitrogens with two attached hydrogens (primary N) is 1. The number of hydrogen-bond donors (Lipinski definition) is 3. The van der Waals surface area contributed by atoms with E-state index in [1.165, 1.54) is 25.7 Å². The highest BCUT2D eigenvalue weighted by atomic mass is 16.7. The van der Waals surface area contributed by atoms with Crippen molar-refractivity contribution in [1.29, 1.82) is 0 Å². The third-order valence-electron chi connectivity index (χ3n) is 4.62. The van der Waals surface area contributed by atoms with Crippen LogP contribution in [-0.2, 0) is 9.47 Å². The van der Waals surface area contributed by atoms with Gasteiger partial charge in [-0.05, 0) is 25.7 Å². The SMILES string of the molecule is C=CCCCCCCCCOC1OC(CN)C(O)C(O)C1CC. The summed E-state index contributed by atoms with van der Waals surface area (Å²) in [7, 11) is 0. The number of hydrogen-bond acceptors (Lipinski definition) is 5. The van der Waals surface area contributed by atoms with Crippen LogP contribution in [0.1, 0.15) is 58.3 Å². The Bertz CT molecular complexity index is 313. The number of aliphatic hydroxyl groups excluding tert-OH is 2. The molecule has 1 rings (SSSR count). The molecule has 5 nitrogen and oxygen atoms in total. The van der Waals surface area contributed by atoms with E-state index in [0.717, 1.165) is 19.3 Å². The van der Waals surface area contributed by atoms with Gasteiger partial charge in [-0.2, -0.15) is 0 Å². The van der Waals surface area contributed by atoms with Gasteiger partial charge in [-0.1, -0.05) is 38.7 Å². The summed E-state index contributed by atoms with van der Waals surface area (Å²) in [5.41, 5.74) is 5.59. The summed E-state index contributed by atoms with van der Waals surface area (Å²) in [6.45, 7) is 6.49. The lowest BCUT2D eigenvalue weighted by Gasteiger charge is -2.42. The van der Waals surface area contributed by atoms with Crippen LogP contribution in [0, 0.1) is 5.92 Å². The minimum atomic E-state index is -0.930. The molecule has 0 saturated carbocycles. The first kappa shape index (κ1) is 20.6. The predicted octanol–water partition coefficient (Wildman–Crippen LogP) is 2.35. The quantitative estimate of drug-likeness (QED) is 0.378. The average Bonchev–Trinajstić information content (AvgIpc) is 2.56. The monoisotopic (exact) mass is 329 g/mol. The van der Waals surface area contributed by atoms with Crippen LogP contribution in [-0.4, -0.2) is 48.0 Å². The lowest BCUT2D eigenvalue weighted by molar-refractivity contribution is -0.278. The maximum absolute atomic E-state index is 10.2. The molecule has 0 spiro atoms. The highest BCUT2D eigenvalue weighted by molar-refractivity contribution is 4.89. The molecule has 1 aliphatic rings. The smallest absolute Gasteiger partial charge is 0.163 e. The van der Waals surface area contributed by atoms with E-state index in [9.17, 15) is 10.2 Å². The molecular weight excluding hydrogens is 294 g/mol. The summed E-state index contributed by atoms with van der Waals surface area (Å²) in [5, 5.41) is 20.2. The van der Waals surface area contributed by atoms with E-state index >= 15 is 0 Å². The minimum absolute atomic E-state index is 0.180. The van der Waals surface area contributed by atoms with Gasteiger partial charge in [0.05, 0.1) is 6.10 Å². The summed E-state index contributed by atoms with van der Waals surface area (Å²) in [6.07, 6.45) is 8.09. The summed E-state index contributed by atoms with van der Waals surface area (Å²) < 4.78 is 11.5. The molecule has 0 aromatic heterocycles. The lowest BCUT2D eigenvalue weighted by Crippen LogP contribution is -2.57. The second kappa shape index (κ2) is 12.0. The van der Waals surface area contributed by atoms with Crippen molar-refractivity contribution in [3.8, 4) is 0 Å². The van der Waals surface area contributed by atoms with Crippen molar-refractivity contribution in [3.05, 3.63) is 12.7 Å². The third kappa shape index (κ3) is 6.89. The molecule has 5 unspecified atom stereocenters. The second-order valence-electron chi connectivity index (χ2n) is 6.40. The van der Waals surface area contributed by atoms with Gasteiger partial charge in [0.15, 0.2) is 6.29 Å². The van der Waals surface area contributed by atoms with E-state index in [1.54, 1.807) is 0 Å². The Morgan fingerprint density at radius 3 is 2.35 bits per heavy atom. The zero-order valence-corrected chi connectivity index (χ0v) is 14.5. The number of unbranched alkanes of at least 4 members (excludes halogenated alkanes) is 6. The van der Waals surface area contributed by atoms with Gasteiger partial charge in [-0.3, -0.25) is 0 Å². The molecule has 1 saturated heterocycles. The van der Waals surface area contributed by atoms with Gasteiger partial charge >= 0.3 is 0 Å². The molecule has 0 radical (unpaired) electrons. The average molecular weight is 329 g/mol. The van der Waals surface area contributed by atoms with E-state index < -0.39 is 24.6 Å². The molecule has 5 heteroatoms. The van der Waals surface area contributed by atoms with Gasteiger partial charge in [0.2, 0.25) is 0 Å². The fourth-order valence-electron chi connectivity index (χ4n) is 3.08.